The fourth-order valence-corrected chi connectivity index (χ4v) is 3.69. The number of rotatable bonds is 3. The molecule has 7 nitrogen and oxygen atoms in total. The van der Waals surface area contributed by atoms with Crippen LogP contribution in [0.25, 0.3) is 5.69 Å². The molecule has 1 aromatic carbocycles. The Morgan fingerprint density at radius 3 is 2.93 bits per heavy atom. The third kappa shape index (κ3) is 2.98. The zero-order chi connectivity index (χ0) is 18.4. The van der Waals surface area contributed by atoms with Gasteiger partial charge in [-0.15, -0.1) is 0 Å². The molecule has 2 aliphatic rings. The monoisotopic (exact) mass is 384 g/mol. The van der Waals surface area contributed by atoms with Crippen molar-refractivity contribution in [3.63, 3.8) is 0 Å². The van der Waals surface area contributed by atoms with E-state index in [1.807, 2.05) is 24.3 Å². The zero-order valence-electron chi connectivity index (χ0n) is 14.4. The third-order valence-electron chi connectivity index (χ3n) is 4.94. The molecule has 27 heavy (non-hydrogen) atoms. The topological polar surface area (TPSA) is 72.4 Å². The average Bonchev–Trinajstić information content (AvgIpc) is 3.27. The number of aromatic nitrogens is 3. The lowest BCUT2D eigenvalue weighted by Gasteiger charge is -2.25. The quantitative estimate of drug-likeness (QED) is 0.702. The van der Waals surface area contributed by atoms with Crippen molar-refractivity contribution in [1.29, 1.82) is 0 Å². The maximum absolute atomic E-state index is 12.8. The third-order valence-corrected chi connectivity index (χ3v) is 5.16. The van der Waals surface area contributed by atoms with E-state index < -0.39 is 0 Å². The lowest BCUT2D eigenvalue weighted by Crippen LogP contribution is -2.31. The van der Waals surface area contributed by atoms with Gasteiger partial charge in [-0.2, -0.15) is 0 Å². The van der Waals surface area contributed by atoms with E-state index in [1.54, 1.807) is 16.9 Å². The molecule has 2 aromatic heterocycles. The van der Waals surface area contributed by atoms with Crippen LogP contribution in [0.5, 0.6) is 11.5 Å². The SMILES string of the molecule is O=c1c2c([nH]n1-c1ccc3c(c1)OCO3)CN(Cc1ccc(Cl)nc1)CC2. The van der Waals surface area contributed by atoms with Gasteiger partial charge in [-0.05, 0) is 30.2 Å². The number of benzene rings is 1. The van der Waals surface area contributed by atoms with Crippen LogP contribution in [0, 0.1) is 0 Å². The maximum Gasteiger partial charge on any atom is 0.274 e. The number of nitrogens with one attached hydrogen (secondary N) is 1. The van der Waals surface area contributed by atoms with Crippen LogP contribution in [-0.2, 0) is 19.5 Å². The highest BCUT2D eigenvalue weighted by Crippen LogP contribution is 2.33. The number of ether oxygens (including phenoxy) is 2. The summed E-state index contributed by atoms with van der Waals surface area (Å²) in [4.78, 5) is 19.2. The predicted octanol–water partition coefficient (Wildman–Crippen LogP) is 2.50. The highest BCUT2D eigenvalue weighted by molar-refractivity contribution is 6.29. The molecule has 0 fully saturated rings. The van der Waals surface area contributed by atoms with Crippen molar-refractivity contribution in [3.8, 4) is 17.2 Å². The van der Waals surface area contributed by atoms with Crippen molar-refractivity contribution in [1.82, 2.24) is 19.7 Å². The molecule has 5 rings (SSSR count). The predicted molar refractivity (Wildman–Crippen MR) is 99.6 cm³/mol. The number of nitrogens with zero attached hydrogens (tertiary/aromatic N) is 3. The Labute approximate surface area is 160 Å². The van der Waals surface area contributed by atoms with Gasteiger partial charge >= 0.3 is 0 Å². The number of aromatic amines is 1. The van der Waals surface area contributed by atoms with Gasteiger partial charge in [-0.3, -0.25) is 14.8 Å². The van der Waals surface area contributed by atoms with Gasteiger partial charge in [-0.25, -0.2) is 9.67 Å². The van der Waals surface area contributed by atoms with Gasteiger partial charge in [-0.1, -0.05) is 17.7 Å². The zero-order valence-corrected chi connectivity index (χ0v) is 15.2. The molecular weight excluding hydrogens is 368 g/mol. The van der Waals surface area contributed by atoms with E-state index in [0.29, 0.717) is 29.6 Å². The largest absolute Gasteiger partial charge is 0.454 e. The Hall–Kier alpha value is -2.77. The number of H-pyrrole nitrogens is 1. The summed E-state index contributed by atoms with van der Waals surface area (Å²) in [6.45, 7) is 2.49. The molecule has 0 radical (unpaired) electrons. The number of hydrogen-bond acceptors (Lipinski definition) is 5. The maximum atomic E-state index is 12.8. The van der Waals surface area contributed by atoms with Crippen molar-refractivity contribution >= 4 is 11.6 Å². The van der Waals surface area contributed by atoms with E-state index in [1.165, 1.54) is 0 Å². The summed E-state index contributed by atoms with van der Waals surface area (Å²) in [5, 5.41) is 3.75. The van der Waals surface area contributed by atoms with Gasteiger partial charge < -0.3 is 9.47 Å². The first-order valence-electron chi connectivity index (χ1n) is 8.73. The molecule has 8 heteroatoms. The number of fused-ring (bicyclic) bond motifs is 2. The van der Waals surface area contributed by atoms with Crippen LogP contribution in [0.15, 0.2) is 41.3 Å². The first kappa shape index (κ1) is 16.4. The molecule has 138 valence electrons. The Morgan fingerprint density at radius 2 is 2.07 bits per heavy atom. The van der Waals surface area contributed by atoms with E-state index >= 15 is 0 Å². The Kier molecular flexibility index (Phi) is 3.91. The minimum Gasteiger partial charge on any atom is -0.454 e. The molecule has 0 unspecified atom stereocenters. The smallest absolute Gasteiger partial charge is 0.274 e. The lowest BCUT2D eigenvalue weighted by molar-refractivity contribution is 0.174. The summed E-state index contributed by atoms with van der Waals surface area (Å²) in [7, 11) is 0. The molecule has 0 aliphatic carbocycles. The minimum absolute atomic E-state index is 0.00308. The van der Waals surface area contributed by atoms with E-state index in [0.717, 1.165) is 35.6 Å². The van der Waals surface area contributed by atoms with Crippen molar-refractivity contribution in [2.75, 3.05) is 13.3 Å². The van der Waals surface area contributed by atoms with Crippen molar-refractivity contribution in [2.45, 2.75) is 19.5 Å². The molecule has 0 saturated carbocycles. The van der Waals surface area contributed by atoms with Gasteiger partial charge in [0, 0.05) is 37.5 Å². The molecule has 0 saturated heterocycles. The summed E-state index contributed by atoms with van der Waals surface area (Å²) in [5.74, 6) is 1.36. The van der Waals surface area contributed by atoms with Crippen LogP contribution in [0.3, 0.4) is 0 Å². The van der Waals surface area contributed by atoms with Gasteiger partial charge in [0.15, 0.2) is 11.5 Å². The molecule has 0 spiro atoms. The van der Waals surface area contributed by atoms with Gasteiger partial charge in [0.05, 0.1) is 11.4 Å². The van der Waals surface area contributed by atoms with Gasteiger partial charge in [0.1, 0.15) is 5.15 Å². The minimum atomic E-state index is -0.00308. The van der Waals surface area contributed by atoms with Gasteiger partial charge in [0.25, 0.3) is 5.56 Å². The molecule has 2 aliphatic heterocycles. The number of hydrogen-bond donors (Lipinski definition) is 1. The fourth-order valence-electron chi connectivity index (χ4n) is 3.58. The molecule has 4 heterocycles. The van der Waals surface area contributed by atoms with Crippen molar-refractivity contribution in [3.05, 3.63) is 68.9 Å². The van der Waals surface area contributed by atoms with Crippen LogP contribution in [0.1, 0.15) is 16.8 Å². The summed E-state index contributed by atoms with van der Waals surface area (Å²) < 4.78 is 12.3. The second-order valence-electron chi connectivity index (χ2n) is 6.70. The number of pyridine rings is 1. The molecular formula is C19H17ClN4O3. The number of halogens is 1. The fraction of sp³-hybridized carbons (Fsp3) is 0.263. The summed E-state index contributed by atoms with van der Waals surface area (Å²) >= 11 is 5.85. The van der Waals surface area contributed by atoms with Gasteiger partial charge in [0.2, 0.25) is 6.79 Å². The lowest BCUT2D eigenvalue weighted by atomic mass is 10.1. The molecule has 0 bridgehead atoms. The van der Waals surface area contributed by atoms with Crippen LogP contribution >= 0.6 is 11.6 Å². The Bertz CT molecular complexity index is 1060. The molecule has 0 atom stereocenters. The second-order valence-corrected chi connectivity index (χ2v) is 7.08. The van der Waals surface area contributed by atoms with Crippen molar-refractivity contribution < 1.29 is 9.47 Å². The average molecular weight is 385 g/mol. The van der Waals surface area contributed by atoms with Crippen LogP contribution in [0.2, 0.25) is 5.15 Å². The van der Waals surface area contributed by atoms with E-state index in [9.17, 15) is 4.79 Å². The normalized spacial score (nSPS) is 15.7. The van der Waals surface area contributed by atoms with Crippen LogP contribution in [-0.4, -0.2) is 33.0 Å². The first-order chi connectivity index (χ1) is 13.2. The standard InChI is InChI=1S/C19H17ClN4O3/c20-18-4-1-12(8-21-18)9-23-6-5-14-15(10-23)22-24(19(14)25)13-2-3-16-17(7-13)27-11-26-16/h1-4,7-8,22H,5-6,9-11H2. The highest BCUT2D eigenvalue weighted by Gasteiger charge is 2.24. The van der Waals surface area contributed by atoms with Crippen molar-refractivity contribution in [2.24, 2.45) is 0 Å². The van der Waals surface area contributed by atoms with E-state index in [2.05, 4.69) is 15.0 Å². The van der Waals surface area contributed by atoms with E-state index in [4.69, 9.17) is 21.1 Å². The summed E-state index contributed by atoms with van der Waals surface area (Å²) in [6.07, 6.45) is 2.50. The Balaban J connectivity index is 1.40. The van der Waals surface area contributed by atoms with E-state index in [-0.39, 0.29) is 12.4 Å². The first-order valence-corrected chi connectivity index (χ1v) is 9.11. The summed E-state index contributed by atoms with van der Waals surface area (Å²) in [5.41, 5.74) is 3.63. The molecule has 0 amide bonds. The van der Waals surface area contributed by atoms with Crippen LogP contribution in [0.4, 0.5) is 0 Å². The Morgan fingerprint density at radius 1 is 1.19 bits per heavy atom. The second kappa shape index (κ2) is 6.44. The summed E-state index contributed by atoms with van der Waals surface area (Å²) in [6, 6.07) is 9.27. The van der Waals surface area contributed by atoms with Crippen LogP contribution < -0.4 is 15.0 Å². The molecule has 1 N–H and O–H groups in total. The highest BCUT2D eigenvalue weighted by atomic mass is 35.5. The molecule has 3 aromatic rings.